The van der Waals surface area contributed by atoms with Crippen LogP contribution in [0.25, 0.3) is 0 Å². The maximum Gasteiger partial charge on any atom is 0.242 e. The van der Waals surface area contributed by atoms with E-state index in [2.05, 4.69) is 135 Å². The van der Waals surface area contributed by atoms with E-state index in [1.807, 2.05) is 6.07 Å². The van der Waals surface area contributed by atoms with Crippen LogP contribution in [0.4, 0.5) is 0 Å². The van der Waals surface area contributed by atoms with Gasteiger partial charge in [-0.1, -0.05) is 35.9 Å². The first-order valence-electron chi connectivity index (χ1n) is 16.7. The van der Waals surface area contributed by atoms with Crippen molar-refractivity contribution < 1.29 is 26.9 Å². The third-order valence-corrected chi connectivity index (χ3v) is 12.1. The van der Waals surface area contributed by atoms with Gasteiger partial charge in [0.25, 0.3) is 0 Å². The van der Waals surface area contributed by atoms with Crippen molar-refractivity contribution in [3.63, 3.8) is 0 Å². The Labute approximate surface area is 290 Å². The predicted octanol–water partition coefficient (Wildman–Crippen LogP) is 10.1. The Balaban J connectivity index is 2.09. The maximum absolute atomic E-state index is 7.11. The van der Waals surface area contributed by atoms with Crippen LogP contribution in [0.3, 0.4) is 0 Å². The minimum absolute atomic E-state index is 0.294. The molecule has 0 N–H and O–H groups in total. The maximum atomic E-state index is 7.11. The molecule has 1 saturated heterocycles. The van der Waals surface area contributed by atoms with Gasteiger partial charge in [0.15, 0.2) is 33.3 Å². The van der Waals surface area contributed by atoms with E-state index in [9.17, 15) is 0 Å². The lowest BCUT2D eigenvalue weighted by molar-refractivity contribution is -0.216. The van der Waals surface area contributed by atoms with Crippen molar-refractivity contribution in [2.75, 3.05) is 6.61 Å². The summed E-state index contributed by atoms with van der Waals surface area (Å²) in [5.41, 5.74) is 3.26. The molecular weight excluding hydrogens is 680 g/mol. The highest BCUT2D eigenvalue weighted by Gasteiger charge is 2.52. The molecule has 5 atom stereocenters. The zero-order valence-electron chi connectivity index (χ0n) is 31.2. The standard InChI is InChI=1S/C34H61ClO6Si5/c1-42(2,3)36-24-30-32(39-44(7,8)9)34(41-46(13,14)15)33(40-45(10,11)12)31(37-30)26-18-21-29(35)27(23-26)22-25-16-19-28(20-17-25)38-43(4,5)6/h16-21,23,30-34H,22,24H2,1-15H3/t30-,31+,32-,33?,34?/m1/s1. The fourth-order valence-electron chi connectivity index (χ4n) is 5.44. The van der Waals surface area contributed by atoms with Crippen LogP contribution < -0.4 is 4.43 Å². The van der Waals surface area contributed by atoms with Crippen molar-refractivity contribution in [3.8, 4) is 5.75 Å². The van der Waals surface area contributed by atoms with Crippen LogP contribution in [0.15, 0.2) is 42.5 Å². The lowest BCUT2D eigenvalue weighted by Crippen LogP contribution is -2.63. The molecule has 2 aromatic rings. The number of rotatable bonds is 14. The molecule has 46 heavy (non-hydrogen) atoms. The minimum Gasteiger partial charge on any atom is -0.544 e. The molecule has 0 saturated carbocycles. The summed E-state index contributed by atoms with van der Waals surface area (Å²) in [6.07, 6.45) is -0.898. The highest BCUT2D eigenvalue weighted by atomic mass is 35.5. The predicted molar refractivity (Wildman–Crippen MR) is 206 cm³/mol. The van der Waals surface area contributed by atoms with Crippen molar-refractivity contribution >= 4 is 53.2 Å². The van der Waals surface area contributed by atoms with Crippen molar-refractivity contribution in [1.82, 2.24) is 0 Å². The second kappa shape index (κ2) is 15.1. The van der Waals surface area contributed by atoms with Gasteiger partial charge in [-0.25, -0.2) is 0 Å². The molecule has 12 heteroatoms. The van der Waals surface area contributed by atoms with Crippen molar-refractivity contribution in [3.05, 3.63) is 64.2 Å². The molecule has 0 spiro atoms. The molecule has 0 aromatic heterocycles. The molecule has 2 aromatic carbocycles. The topological polar surface area (TPSA) is 55.4 Å². The molecule has 1 aliphatic heterocycles. The van der Waals surface area contributed by atoms with Gasteiger partial charge in [-0.05, 0) is 140 Å². The summed E-state index contributed by atoms with van der Waals surface area (Å²) < 4.78 is 40.9. The third kappa shape index (κ3) is 13.4. The molecule has 0 amide bonds. The molecule has 0 aliphatic carbocycles. The number of hydrogen-bond acceptors (Lipinski definition) is 6. The van der Waals surface area contributed by atoms with Crippen molar-refractivity contribution in [2.45, 2.75) is 135 Å². The fraction of sp³-hybridized carbons (Fsp3) is 0.647. The van der Waals surface area contributed by atoms with E-state index in [0.29, 0.717) is 13.0 Å². The smallest absolute Gasteiger partial charge is 0.242 e. The summed E-state index contributed by atoms with van der Waals surface area (Å²) in [5, 5.41) is 0.734. The second-order valence-electron chi connectivity index (χ2n) is 17.5. The second-order valence-corrected chi connectivity index (χ2v) is 40.2. The Hall–Kier alpha value is -0.586. The first-order valence-corrected chi connectivity index (χ1v) is 34.1. The van der Waals surface area contributed by atoms with Gasteiger partial charge in [-0.2, -0.15) is 0 Å². The van der Waals surface area contributed by atoms with Gasteiger partial charge in [-0.3, -0.25) is 0 Å². The number of halogens is 1. The fourth-order valence-corrected chi connectivity index (χ4v) is 10.4. The van der Waals surface area contributed by atoms with Gasteiger partial charge in [-0.15, -0.1) is 0 Å². The molecule has 1 heterocycles. The molecule has 0 radical (unpaired) electrons. The molecule has 2 unspecified atom stereocenters. The van der Waals surface area contributed by atoms with Crippen LogP contribution in [-0.4, -0.2) is 72.6 Å². The van der Waals surface area contributed by atoms with Crippen molar-refractivity contribution in [2.24, 2.45) is 0 Å². The average Bonchev–Trinajstić information content (AvgIpc) is 2.84. The summed E-state index contributed by atoms with van der Waals surface area (Å²) in [4.78, 5) is 0. The Morgan fingerprint density at radius 2 is 1.13 bits per heavy atom. The quantitative estimate of drug-likeness (QED) is 0.180. The van der Waals surface area contributed by atoms with Crippen LogP contribution in [-0.2, 0) is 28.9 Å². The number of benzene rings is 2. The Morgan fingerprint density at radius 3 is 1.63 bits per heavy atom. The van der Waals surface area contributed by atoms with E-state index in [1.54, 1.807) is 0 Å². The monoisotopic (exact) mass is 740 g/mol. The van der Waals surface area contributed by atoms with Crippen LogP contribution in [0.1, 0.15) is 22.8 Å². The van der Waals surface area contributed by atoms with Gasteiger partial charge in [0.2, 0.25) is 8.32 Å². The number of hydrogen-bond donors (Lipinski definition) is 0. The zero-order chi connectivity index (χ0) is 34.9. The Morgan fingerprint density at radius 1 is 0.609 bits per heavy atom. The molecule has 6 nitrogen and oxygen atoms in total. The summed E-state index contributed by atoms with van der Waals surface area (Å²) in [7, 11) is -9.60. The first-order chi connectivity index (χ1) is 20.8. The number of ether oxygens (including phenoxy) is 1. The van der Waals surface area contributed by atoms with E-state index in [4.69, 9.17) is 38.5 Å². The molecule has 260 valence electrons. The molecular formula is C34H61ClO6Si5. The van der Waals surface area contributed by atoms with Gasteiger partial charge in [0.05, 0.1) is 6.61 Å². The van der Waals surface area contributed by atoms with Gasteiger partial charge < -0.3 is 26.9 Å². The highest BCUT2D eigenvalue weighted by molar-refractivity contribution is 6.71. The van der Waals surface area contributed by atoms with E-state index in [1.165, 1.54) is 5.56 Å². The van der Waals surface area contributed by atoms with E-state index in [0.717, 1.165) is 21.9 Å². The first kappa shape index (κ1) is 39.8. The highest BCUT2D eigenvalue weighted by Crippen LogP contribution is 2.41. The molecule has 3 rings (SSSR count). The van der Waals surface area contributed by atoms with E-state index in [-0.39, 0.29) is 30.5 Å². The Bertz CT molecular complexity index is 1280. The van der Waals surface area contributed by atoms with Gasteiger partial charge in [0.1, 0.15) is 36.3 Å². The minimum atomic E-state index is -2.05. The lowest BCUT2D eigenvalue weighted by Gasteiger charge is -2.51. The van der Waals surface area contributed by atoms with Crippen LogP contribution >= 0.6 is 11.6 Å². The summed E-state index contributed by atoms with van der Waals surface area (Å²) in [6, 6.07) is 14.7. The zero-order valence-corrected chi connectivity index (χ0v) is 36.9. The summed E-state index contributed by atoms with van der Waals surface area (Å²) in [5.74, 6) is 0.916. The van der Waals surface area contributed by atoms with Crippen LogP contribution in [0.5, 0.6) is 5.75 Å². The lowest BCUT2D eigenvalue weighted by atomic mass is 9.90. The van der Waals surface area contributed by atoms with E-state index < -0.39 is 41.6 Å². The summed E-state index contributed by atoms with van der Waals surface area (Å²) >= 11 is 6.85. The largest absolute Gasteiger partial charge is 0.544 e. The van der Waals surface area contributed by atoms with Crippen LogP contribution in [0.2, 0.25) is 103 Å². The SMILES string of the molecule is C[Si](C)(C)OC[C@H]1O[C@@H](c2ccc(Cl)c(Cc3ccc(O[Si](C)(C)C)cc3)c2)C(O[Si](C)(C)C)C(O[Si](C)(C)C)[C@@H]1O[Si](C)(C)C. The summed E-state index contributed by atoms with van der Waals surface area (Å²) in [6.45, 7) is 33.8. The molecule has 1 aliphatic rings. The van der Waals surface area contributed by atoms with E-state index >= 15 is 0 Å². The normalized spacial score (nSPS) is 23.4. The molecule has 1 fully saturated rings. The van der Waals surface area contributed by atoms with Crippen molar-refractivity contribution in [1.29, 1.82) is 0 Å². The van der Waals surface area contributed by atoms with Gasteiger partial charge >= 0.3 is 0 Å². The average molecular weight is 742 g/mol. The molecule has 0 bridgehead atoms. The third-order valence-electron chi connectivity index (χ3n) is 6.92. The van der Waals surface area contributed by atoms with Gasteiger partial charge in [0, 0.05) is 5.02 Å². The Kier molecular flexibility index (Phi) is 13.1. The van der Waals surface area contributed by atoms with Crippen LogP contribution in [0, 0.1) is 0 Å².